The fourth-order valence-corrected chi connectivity index (χ4v) is 1.83. The molecule has 3 N–H and O–H groups in total. The first-order valence-corrected chi connectivity index (χ1v) is 6.52. The summed E-state index contributed by atoms with van der Waals surface area (Å²) < 4.78 is 4.85. The van der Waals surface area contributed by atoms with Gasteiger partial charge in [0.05, 0.1) is 6.61 Å². The zero-order chi connectivity index (χ0) is 14.3. The molecule has 0 aromatic heterocycles. The van der Waals surface area contributed by atoms with E-state index in [9.17, 15) is 4.79 Å². The largest absolute Gasteiger partial charge is 0.383 e. The number of nitrogens with two attached hydrogens (primary N) is 1. The van der Waals surface area contributed by atoms with E-state index < -0.39 is 6.04 Å². The summed E-state index contributed by atoms with van der Waals surface area (Å²) in [6.45, 7) is 6.36. The van der Waals surface area contributed by atoms with Crippen LogP contribution < -0.4 is 16.0 Å². The van der Waals surface area contributed by atoms with E-state index in [-0.39, 0.29) is 12.5 Å². The van der Waals surface area contributed by atoms with Gasteiger partial charge in [0.2, 0.25) is 5.91 Å². The summed E-state index contributed by atoms with van der Waals surface area (Å²) >= 11 is 0. The van der Waals surface area contributed by atoms with E-state index in [1.54, 1.807) is 0 Å². The van der Waals surface area contributed by atoms with Gasteiger partial charge in [-0.15, -0.1) is 0 Å². The fraction of sp³-hybridized carbons (Fsp3) is 0.500. The highest BCUT2D eigenvalue weighted by Crippen LogP contribution is 2.17. The Kier molecular flexibility index (Phi) is 6.32. The van der Waals surface area contributed by atoms with Crippen molar-refractivity contribution in [3.05, 3.63) is 24.3 Å². The number of methoxy groups -OCH3 is 1. The van der Waals surface area contributed by atoms with Crippen LogP contribution in [-0.2, 0) is 9.53 Å². The van der Waals surface area contributed by atoms with Crippen molar-refractivity contribution in [3.63, 3.8) is 0 Å². The Hall–Kier alpha value is -1.59. The molecule has 0 saturated heterocycles. The van der Waals surface area contributed by atoms with Crippen LogP contribution in [0.3, 0.4) is 0 Å². The van der Waals surface area contributed by atoms with Gasteiger partial charge in [0.25, 0.3) is 0 Å². The van der Waals surface area contributed by atoms with Crippen LogP contribution in [0.15, 0.2) is 24.3 Å². The maximum atomic E-state index is 11.7. The number of carbonyl (C=O) groups is 1. The average molecular weight is 265 g/mol. The van der Waals surface area contributed by atoms with Crippen molar-refractivity contribution in [1.82, 2.24) is 0 Å². The Bertz CT molecular complexity index is 388. The van der Waals surface area contributed by atoms with E-state index in [1.807, 2.05) is 24.3 Å². The molecule has 1 aromatic carbocycles. The molecule has 1 amide bonds. The van der Waals surface area contributed by atoms with Gasteiger partial charge in [0.15, 0.2) is 0 Å². The van der Waals surface area contributed by atoms with Gasteiger partial charge in [-0.3, -0.25) is 4.79 Å². The van der Waals surface area contributed by atoms with E-state index in [1.165, 1.54) is 7.11 Å². The first kappa shape index (κ1) is 15.5. The molecule has 1 aromatic rings. The lowest BCUT2D eigenvalue weighted by atomic mass is 10.2. The third-order valence-electron chi connectivity index (χ3n) is 2.95. The normalized spacial score (nSPS) is 12.0. The Labute approximate surface area is 114 Å². The summed E-state index contributed by atoms with van der Waals surface area (Å²) in [5, 5.41) is 2.77. The molecule has 5 nitrogen and oxygen atoms in total. The van der Waals surface area contributed by atoms with Crippen molar-refractivity contribution in [1.29, 1.82) is 0 Å². The highest BCUT2D eigenvalue weighted by molar-refractivity contribution is 5.94. The molecule has 0 saturated carbocycles. The predicted molar refractivity (Wildman–Crippen MR) is 78.5 cm³/mol. The molecule has 106 valence electrons. The highest BCUT2D eigenvalue weighted by Gasteiger charge is 2.13. The molecule has 1 rings (SSSR count). The summed E-state index contributed by atoms with van der Waals surface area (Å²) in [6, 6.07) is 7.10. The molecular formula is C14H23N3O2. The lowest BCUT2D eigenvalue weighted by Crippen LogP contribution is -2.39. The van der Waals surface area contributed by atoms with Gasteiger partial charge < -0.3 is 20.7 Å². The molecule has 0 aliphatic rings. The maximum Gasteiger partial charge on any atom is 0.243 e. The van der Waals surface area contributed by atoms with E-state index in [0.717, 1.165) is 24.5 Å². The van der Waals surface area contributed by atoms with Crippen molar-refractivity contribution in [3.8, 4) is 0 Å². The van der Waals surface area contributed by atoms with Gasteiger partial charge in [-0.1, -0.05) is 0 Å². The lowest BCUT2D eigenvalue weighted by Gasteiger charge is -2.21. The van der Waals surface area contributed by atoms with Gasteiger partial charge in [-0.2, -0.15) is 0 Å². The number of benzene rings is 1. The number of amides is 1. The van der Waals surface area contributed by atoms with Crippen molar-refractivity contribution in [2.45, 2.75) is 19.9 Å². The Morgan fingerprint density at radius 1 is 1.32 bits per heavy atom. The van der Waals surface area contributed by atoms with Crippen molar-refractivity contribution in [2.24, 2.45) is 5.73 Å². The summed E-state index contributed by atoms with van der Waals surface area (Å²) in [6.07, 6.45) is 0. The third kappa shape index (κ3) is 4.54. The number of anilines is 2. The third-order valence-corrected chi connectivity index (χ3v) is 2.95. The lowest BCUT2D eigenvalue weighted by molar-refractivity contribution is -0.118. The van der Waals surface area contributed by atoms with Crippen LogP contribution in [0.25, 0.3) is 0 Å². The second-order valence-corrected chi connectivity index (χ2v) is 4.27. The van der Waals surface area contributed by atoms with Crippen LogP contribution in [-0.4, -0.2) is 38.8 Å². The van der Waals surface area contributed by atoms with E-state index in [0.29, 0.717) is 0 Å². The molecule has 0 aliphatic heterocycles. The van der Waals surface area contributed by atoms with Crippen molar-refractivity contribution < 1.29 is 9.53 Å². The highest BCUT2D eigenvalue weighted by atomic mass is 16.5. The van der Waals surface area contributed by atoms with Gasteiger partial charge >= 0.3 is 0 Å². The molecular weight excluding hydrogens is 242 g/mol. The van der Waals surface area contributed by atoms with Crippen LogP contribution >= 0.6 is 0 Å². The first-order valence-electron chi connectivity index (χ1n) is 6.52. The fourth-order valence-electron chi connectivity index (χ4n) is 1.83. The molecule has 1 unspecified atom stereocenters. The van der Waals surface area contributed by atoms with Crippen LogP contribution in [0, 0.1) is 0 Å². The monoisotopic (exact) mass is 265 g/mol. The summed E-state index contributed by atoms with van der Waals surface area (Å²) in [4.78, 5) is 13.9. The Morgan fingerprint density at radius 3 is 2.37 bits per heavy atom. The molecule has 0 radical (unpaired) electrons. The quantitative estimate of drug-likeness (QED) is 0.783. The molecule has 1 atom stereocenters. The van der Waals surface area contributed by atoms with Gasteiger partial charge in [0.1, 0.15) is 6.04 Å². The summed E-state index contributed by atoms with van der Waals surface area (Å²) in [5.41, 5.74) is 7.54. The second-order valence-electron chi connectivity index (χ2n) is 4.27. The van der Waals surface area contributed by atoms with E-state index >= 15 is 0 Å². The van der Waals surface area contributed by atoms with Gasteiger partial charge in [-0.25, -0.2) is 0 Å². The molecule has 0 fully saturated rings. The minimum atomic E-state index is -0.646. The van der Waals surface area contributed by atoms with Crippen LogP contribution in [0.1, 0.15) is 13.8 Å². The zero-order valence-electron chi connectivity index (χ0n) is 11.8. The van der Waals surface area contributed by atoms with Crippen LogP contribution in [0.2, 0.25) is 0 Å². The smallest absolute Gasteiger partial charge is 0.243 e. The maximum absolute atomic E-state index is 11.7. The molecule has 5 heteroatoms. The van der Waals surface area contributed by atoms with Crippen molar-refractivity contribution in [2.75, 3.05) is 37.0 Å². The van der Waals surface area contributed by atoms with Crippen LogP contribution in [0.5, 0.6) is 0 Å². The minimum absolute atomic E-state index is 0.212. The standard InChI is InChI=1S/C14H23N3O2/c1-4-17(5-2)12-8-6-11(7-9-12)16-14(18)13(15)10-19-3/h6-9,13H,4-5,10,15H2,1-3H3,(H,16,18). The van der Waals surface area contributed by atoms with E-state index in [4.69, 9.17) is 10.5 Å². The summed E-state index contributed by atoms with van der Waals surface area (Å²) in [5.74, 6) is -0.238. The SMILES string of the molecule is CCN(CC)c1ccc(NC(=O)C(N)COC)cc1. The zero-order valence-corrected chi connectivity index (χ0v) is 11.8. The Balaban J connectivity index is 2.64. The number of carbonyl (C=O) groups excluding carboxylic acids is 1. The molecule has 0 bridgehead atoms. The number of nitrogens with one attached hydrogen (secondary N) is 1. The molecule has 19 heavy (non-hydrogen) atoms. The predicted octanol–water partition coefficient (Wildman–Crippen LogP) is 1.44. The number of nitrogens with zero attached hydrogens (tertiary/aromatic N) is 1. The minimum Gasteiger partial charge on any atom is -0.383 e. The molecule has 0 aliphatic carbocycles. The Morgan fingerprint density at radius 2 is 1.89 bits per heavy atom. The second kappa shape index (κ2) is 7.76. The van der Waals surface area contributed by atoms with Gasteiger partial charge in [0, 0.05) is 31.6 Å². The van der Waals surface area contributed by atoms with Crippen LogP contribution in [0.4, 0.5) is 11.4 Å². The number of hydrogen-bond donors (Lipinski definition) is 2. The average Bonchev–Trinajstić information content (AvgIpc) is 2.42. The van der Waals surface area contributed by atoms with Gasteiger partial charge in [-0.05, 0) is 38.1 Å². The molecule has 0 heterocycles. The number of hydrogen-bond acceptors (Lipinski definition) is 4. The topological polar surface area (TPSA) is 67.6 Å². The first-order chi connectivity index (χ1) is 9.12. The van der Waals surface area contributed by atoms with Crippen molar-refractivity contribution >= 4 is 17.3 Å². The number of ether oxygens (including phenoxy) is 1. The summed E-state index contributed by atoms with van der Waals surface area (Å²) in [7, 11) is 1.52. The number of rotatable bonds is 7. The molecule has 0 spiro atoms. The van der Waals surface area contributed by atoms with E-state index in [2.05, 4.69) is 24.1 Å².